The van der Waals surface area contributed by atoms with E-state index in [-0.39, 0.29) is 12.1 Å². The van der Waals surface area contributed by atoms with Crippen LogP contribution in [0.5, 0.6) is 0 Å². The summed E-state index contributed by atoms with van der Waals surface area (Å²) in [6.07, 6.45) is 0.876. The molecule has 3 unspecified atom stereocenters. The highest BCUT2D eigenvalue weighted by Crippen LogP contribution is 2.30. The third kappa shape index (κ3) is 2.93. The fourth-order valence-electron chi connectivity index (χ4n) is 3.07. The Hall–Kier alpha value is -0.860. The lowest BCUT2D eigenvalue weighted by Gasteiger charge is -2.35. The van der Waals surface area contributed by atoms with Gasteiger partial charge in [-0.15, -0.1) is 0 Å². The van der Waals surface area contributed by atoms with Gasteiger partial charge < -0.3 is 5.11 Å². The van der Waals surface area contributed by atoms with Crippen LogP contribution < -0.4 is 0 Å². The van der Waals surface area contributed by atoms with Crippen molar-refractivity contribution in [1.82, 2.24) is 4.90 Å². The summed E-state index contributed by atoms with van der Waals surface area (Å²) in [6.45, 7) is 8.95. The van der Waals surface area contributed by atoms with Gasteiger partial charge in [0.15, 0.2) is 0 Å². The van der Waals surface area contributed by atoms with Crippen molar-refractivity contribution in [3.05, 3.63) is 35.9 Å². The zero-order chi connectivity index (χ0) is 13.1. The van der Waals surface area contributed by atoms with Crippen LogP contribution in [0.3, 0.4) is 0 Å². The summed E-state index contributed by atoms with van der Waals surface area (Å²) < 4.78 is 0. The number of hydrogen-bond acceptors (Lipinski definition) is 2. The molecule has 1 fully saturated rings. The Morgan fingerprint density at radius 3 is 2.39 bits per heavy atom. The van der Waals surface area contributed by atoms with Crippen molar-refractivity contribution >= 4 is 0 Å². The molecule has 100 valence electrons. The summed E-state index contributed by atoms with van der Waals surface area (Å²) in [5, 5.41) is 10.7. The van der Waals surface area contributed by atoms with Gasteiger partial charge in [0.05, 0.1) is 6.10 Å². The summed E-state index contributed by atoms with van der Waals surface area (Å²) in [5.74, 6) is 1.22. The Bertz CT molecular complexity index is 363. The molecule has 2 heteroatoms. The average molecular weight is 247 g/mol. The summed E-state index contributed by atoms with van der Waals surface area (Å²) in [6, 6.07) is 10.3. The van der Waals surface area contributed by atoms with Crippen LogP contribution in [0.2, 0.25) is 0 Å². The minimum atomic E-state index is -0.378. The number of rotatable bonds is 4. The molecule has 0 spiro atoms. The van der Waals surface area contributed by atoms with Gasteiger partial charge in [0.1, 0.15) is 0 Å². The van der Waals surface area contributed by atoms with Gasteiger partial charge in [0.2, 0.25) is 0 Å². The predicted molar refractivity (Wildman–Crippen MR) is 75.4 cm³/mol. The van der Waals surface area contributed by atoms with Crippen molar-refractivity contribution in [2.75, 3.05) is 13.1 Å². The first kappa shape index (κ1) is 13.6. The Morgan fingerprint density at radius 1 is 1.22 bits per heavy atom. The minimum Gasteiger partial charge on any atom is -0.387 e. The number of benzene rings is 1. The molecular formula is C16H25NO. The second-order valence-electron chi connectivity index (χ2n) is 5.98. The molecular weight excluding hydrogens is 222 g/mol. The maximum Gasteiger partial charge on any atom is 0.0947 e. The number of hydrogen-bond donors (Lipinski definition) is 1. The van der Waals surface area contributed by atoms with Crippen LogP contribution in [0.15, 0.2) is 30.3 Å². The van der Waals surface area contributed by atoms with E-state index in [2.05, 4.69) is 25.7 Å². The zero-order valence-corrected chi connectivity index (χ0v) is 11.7. The van der Waals surface area contributed by atoms with E-state index in [1.807, 2.05) is 30.3 Å². The highest BCUT2D eigenvalue weighted by atomic mass is 16.3. The summed E-state index contributed by atoms with van der Waals surface area (Å²) in [7, 11) is 0. The molecule has 2 rings (SSSR count). The molecule has 18 heavy (non-hydrogen) atoms. The first-order valence-electron chi connectivity index (χ1n) is 7.06. The summed E-state index contributed by atoms with van der Waals surface area (Å²) in [4.78, 5) is 2.47. The topological polar surface area (TPSA) is 23.5 Å². The monoisotopic (exact) mass is 247 g/mol. The van der Waals surface area contributed by atoms with Crippen molar-refractivity contribution in [3.63, 3.8) is 0 Å². The van der Waals surface area contributed by atoms with E-state index in [0.29, 0.717) is 5.92 Å². The second kappa shape index (κ2) is 5.85. The van der Waals surface area contributed by atoms with E-state index in [1.165, 1.54) is 6.42 Å². The minimum absolute atomic E-state index is 0.234. The standard InChI is InChI=1S/C16H25NO/c1-12(2)15(17-10-9-13(3)11-17)16(18)14-7-5-4-6-8-14/h4-8,12-13,15-16,18H,9-11H2,1-3H3. The molecule has 0 amide bonds. The third-order valence-corrected chi connectivity index (χ3v) is 4.02. The smallest absolute Gasteiger partial charge is 0.0947 e. The van der Waals surface area contributed by atoms with Gasteiger partial charge in [-0.2, -0.15) is 0 Å². The molecule has 1 N–H and O–H groups in total. The number of likely N-dealkylation sites (tertiary alicyclic amines) is 1. The van der Waals surface area contributed by atoms with E-state index in [1.54, 1.807) is 0 Å². The molecule has 0 radical (unpaired) electrons. The van der Waals surface area contributed by atoms with Gasteiger partial charge in [-0.05, 0) is 30.4 Å². The molecule has 0 aliphatic carbocycles. The molecule has 1 aromatic carbocycles. The van der Waals surface area contributed by atoms with E-state index in [4.69, 9.17) is 0 Å². The van der Waals surface area contributed by atoms with Crippen molar-refractivity contribution in [3.8, 4) is 0 Å². The summed E-state index contributed by atoms with van der Waals surface area (Å²) >= 11 is 0. The van der Waals surface area contributed by atoms with E-state index < -0.39 is 0 Å². The second-order valence-corrected chi connectivity index (χ2v) is 5.98. The van der Waals surface area contributed by atoms with E-state index >= 15 is 0 Å². The van der Waals surface area contributed by atoms with E-state index in [0.717, 1.165) is 24.6 Å². The normalized spacial score (nSPS) is 24.4. The Morgan fingerprint density at radius 2 is 1.89 bits per heavy atom. The third-order valence-electron chi connectivity index (χ3n) is 4.02. The predicted octanol–water partition coefficient (Wildman–Crippen LogP) is 3.09. The SMILES string of the molecule is CC1CCN(C(C(C)C)C(O)c2ccccc2)C1. The first-order chi connectivity index (χ1) is 8.59. The molecule has 1 saturated heterocycles. The van der Waals surface area contributed by atoms with Gasteiger partial charge in [-0.25, -0.2) is 0 Å². The van der Waals surface area contributed by atoms with Gasteiger partial charge in [0.25, 0.3) is 0 Å². The van der Waals surface area contributed by atoms with Crippen LogP contribution in [0.4, 0.5) is 0 Å². The van der Waals surface area contributed by atoms with Crippen LogP contribution in [-0.2, 0) is 0 Å². The molecule has 0 bridgehead atoms. The lowest BCUT2D eigenvalue weighted by molar-refractivity contribution is 0.0335. The van der Waals surface area contributed by atoms with Crippen molar-refractivity contribution in [2.24, 2.45) is 11.8 Å². The van der Waals surface area contributed by atoms with Crippen LogP contribution >= 0.6 is 0 Å². The molecule has 1 aromatic rings. The van der Waals surface area contributed by atoms with Gasteiger partial charge >= 0.3 is 0 Å². The maximum atomic E-state index is 10.7. The number of aliphatic hydroxyl groups is 1. The lowest BCUT2D eigenvalue weighted by atomic mass is 9.92. The maximum absolute atomic E-state index is 10.7. The quantitative estimate of drug-likeness (QED) is 0.884. The first-order valence-corrected chi connectivity index (χ1v) is 7.06. The Labute approximate surface area is 111 Å². The van der Waals surface area contributed by atoms with Crippen molar-refractivity contribution in [1.29, 1.82) is 0 Å². The van der Waals surface area contributed by atoms with Crippen molar-refractivity contribution in [2.45, 2.75) is 39.3 Å². The highest BCUT2D eigenvalue weighted by molar-refractivity contribution is 5.19. The highest BCUT2D eigenvalue weighted by Gasteiger charge is 2.33. The fraction of sp³-hybridized carbons (Fsp3) is 0.625. The molecule has 1 aliphatic rings. The lowest BCUT2D eigenvalue weighted by Crippen LogP contribution is -2.41. The molecule has 0 aromatic heterocycles. The Kier molecular flexibility index (Phi) is 4.41. The van der Waals surface area contributed by atoms with Crippen LogP contribution in [-0.4, -0.2) is 29.1 Å². The van der Waals surface area contributed by atoms with E-state index in [9.17, 15) is 5.11 Å². The Balaban J connectivity index is 2.15. The molecule has 2 nitrogen and oxygen atoms in total. The largest absolute Gasteiger partial charge is 0.387 e. The van der Waals surface area contributed by atoms with Crippen LogP contribution in [0.25, 0.3) is 0 Å². The summed E-state index contributed by atoms with van der Waals surface area (Å²) in [5.41, 5.74) is 1.04. The molecule has 0 saturated carbocycles. The number of aliphatic hydroxyl groups excluding tert-OH is 1. The number of nitrogens with zero attached hydrogens (tertiary/aromatic N) is 1. The van der Waals surface area contributed by atoms with Crippen molar-refractivity contribution < 1.29 is 5.11 Å². The average Bonchev–Trinajstić information content (AvgIpc) is 2.76. The molecule has 1 heterocycles. The van der Waals surface area contributed by atoms with Gasteiger partial charge in [0, 0.05) is 12.6 Å². The zero-order valence-electron chi connectivity index (χ0n) is 11.7. The van der Waals surface area contributed by atoms with Crippen LogP contribution in [0, 0.1) is 11.8 Å². The van der Waals surface area contributed by atoms with Gasteiger partial charge in [-0.3, -0.25) is 4.90 Å². The van der Waals surface area contributed by atoms with Crippen LogP contribution in [0.1, 0.15) is 38.9 Å². The van der Waals surface area contributed by atoms with Gasteiger partial charge in [-0.1, -0.05) is 51.1 Å². The molecule has 1 aliphatic heterocycles. The fourth-order valence-corrected chi connectivity index (χ4v) is 3.07. The molecule has 3 atom stereocenters.